The van der Waals surface area contributed by atoms with E-state index in [0.717, 1.165) is 56.5 Å². The molecule has 3 saturated heterocycles. The standard InChI is InChI=1S/C38H45F2N5O7S.C36H41F2N5O7S.C21H27N2.C10H11ClO.2ClH.Ru/c1-3-5-6-7-8-12-32(41-27-15-13-26(39)14-16-27)35(47)45-22-28(52-37(49)44-21-24-10-9-11-31(40)30(24)23-44)19-33(45)34(46)42-38(20-25(38)4-2)36(48)43-53(50,51)29-17-18-29;37-24-11-13-25(14-12-24)39-30-10-5-3-1-2-4-8-23-18-36(23,34(46)41-51(48,49)27-15-16-27)40-32(44)31-17-26(20-43(31)33(30)45)50-35(47)42-19-22-7-6-9-29(38)28(22)21-42;1-14-9-16(3)20(17(4)10-14)22-7-8-23(13-22)21-18(5)11-15(2)12-19(21)6;1-7(2)12-10-5-4-9(11)6-8(10)3;;;/h3-4,9-11,13-16,25,28-29,32-33,41H,1-2,5-8,12,17-23H2,(H,42,46)(H,43,48);4,6-9,11-14,23,26-27,30-31,39H,1-3,5,10,15-21H2,(H,40,44)(H,41,46);9-13H,7-8H2,1-6H3;3-7H,1-2H3;2*1H;/q;;-1;;;;+2/p-2/b;8-4-;;;;;/t25-,28-,32+,33+,38-;23-,26-,30+,31+,36-;;;;;/m11...../s1. The van der Waals surface area contributed by atoms with Crippen molar-refractivity contribution in [1.82, 2.24) is 39.7 Å². The van der Waals surface area contributed by atoms with Crippen molar-refractivity contribution >= 4 is 126 Å². The van der Waals surface area contributed by atoms with Crippen LogP contribution in [-0.4, -0.2) is 179 Å². The van der Waals surface area contributed by atoms with Gasteiger partial charge < -0.3 is 50.3 Å². The van der Waals surface area contributed by atoms with Crippen molar-refractivity contribution in [2.45, 2.75) is 261 Å². The Hall–Kier alpha value is -10.9. The third-order valence-corrected chi connectivity index (χ3v) is 32.8. The average Bonchev–Trinajstić information content (AvgIpc) is 1.57. The molecule has 37 heteroatoms. The van der Waals surface area contributed by atoms with E-state index in [-0.39, 0.29) is 71.1 Å². The van der Waals surface area contributed by atoms with E-state index in [4.69, 9.17) is 45.2 Å². The number of amides is 8. The van der Waals surface area contributed by atoms with Gasteiger partial charge in [0, 0.05) is 84.7 Å². The molecule has 7 aromatic rings. The number of allylic oxidation sites excluding steroid dienone is 2. The van der Waals surface area contributed by atoms with Crippen LogP contribution in [0, 0.1) is 83.3 Å². The zero-order chi connectivity index (χ0) is 102. The van der Waals surface area contributed by atoms with Gasteiger partial charge in [-0.2, -0.15) is 6.67 Å². The van der Waals surface area contributed by atoms with E-state index < -0.39 is 174 Å². The van der Waals surface area contributed by atoms with Crippen LogP contribution in [0.4, 0.5) is 49.9 Å². The second kappa shape index (κ2) is 46.4. The number of halogens is 7. The number of hydrogen-bond acceptors (Lipinski definition) is 19. The number of unbranched alkanes of at least 4 members (excludes halogenated alkanes) is 3. The smallest absolute Gasteiger partial charge is 0.410 e. The van der Waals surface area contributed by atoms with Gasteiger partial charge in [-0.1, -0.05) is 110 Å². The SMILES string of the molecule is C=CCCCCC[C@H](Nc1ccc(F)cc1)C(=O)N1C[C@H](OC(=O)N2Cc3cccc(F)c3C2)C[C@H]1C(=O)N[C@]1(C(=O)NS(=O)(=O)C2CC2)C[C@H]1C=C.CC(C)Oc1ccc(Cl)cc1[CH]=[Ru]([Cl])[Cl].Cc1cc(C)c(N2[CH-]N(c3c(C)cc(C)cc3C)CC2)c(C)c1.O=C1N[C@]2(C(=O)NS(=O)(=O)C3CC3)C[C@H]2/C=C\CCCCC[C@H](Nc2ccc(F)cc2)C(=O)N2C[C@H](OC(=O)N3Cc4cccc(F)c4C3)C[C@@H]12. The Balaban J connectivity index is 0.000000166. The molecule has 6 aliphatic heterocycles. The Bertz CT molecular complexity index is 6110. The summed E-state index contributed by atoms with van der Waals surface area (Å²) < 4.78 is 131. The first kappa shape index (κ1) is 107. The van der Waals surface area contributed by atoms with Gasteiger partial charge in [-0.05, 0) is 213 Å². The number of carbonyl (C=O) groups is 8. The van der Waals surface area contributed by atoms with Crippen LogP contribution in [0.1, 0.15) is 191 Å². The van der Waals surface area contributed by atoms with E-state index in [0.29, 0.717) is 96.4 Å². The van der Waals surface area contributed by atoms with Gasteiger partial charge in [0.25, 0.3) is 11.8 Å². The van der Waals surface area contributed by atoms with Crippen LogP contribution in [0.25, 0.3) is 0 Å². The summed E-state index contributed by atoms with van der Waals surface area (Å²) in [5, 5.41) is 11.3. The summed E-state index contributed by atoms with van der Waals surface area (Å²) in [6.07, 6.45) is 12.6. The number of hydrogen-bond donors (Lipinski definition) is 6. The van der Waals surface area contributed by atoms with Crippen molar-refractivity contribution in [2.24, 2.45) is 11.8 Å². The van der Waals surface area contributed by atoms with Crippen LogP contribution in [0.2, 0.25) is 5.02 Å². The minimum atomic E-state index is -3.92. The first-order chi connectivity index (χ1) is 67.6. The molecule has 17 rings (SSSR count). The van der Waals surface area contributed by atoms with E-state index in [9.17, 15) is 72.8 Å². The Morgan fingerprint density at radius 1 is 0.641 bits per heavy atom. The summed E-state index contributed by atoms with van der Waals surface area (Å²) in [6, 6.07) is 30.9. The van der Waals surface area contributed by atoms with Gasteiger partial charge in [-0.15, -0.1) is 13.2 Å². The Morgan fingerprint density at radius 3 is 1.71 bits per heavy atom. The van der Waals surface area contributed by atoms with Crippen LogP contribution in [0.5, 0.6) is 5.75 Å². The number of likely N-dealkylation sites (tertiary alicyclic amines) is 1. The number of rotatable bonds is 27. The van der Waals surface area contributed by atoms with Gasteiger partial charge in [-0.3, -0.25) is 48.0 Å². The molecule has 0 bridgehead atoms. The molecule has 7 fully saturated rings. The van der Waals surface area contributed by atoms with Gasteiger partial charge in [0.1, 0.15) is 70.7 Å². The Kier molecular flexibility index (Phi) is 34.9. The molecule has 10 aliphatic rings. The molecule has 6 N–H and O–H groups in total. The number of carbonyl (C=O) groups excluding carboxylic acids is 8. The molecular formula is C105H124Cl3F4N12O15RuS2-. The predicted molar refractivity (Wildman–Crippen MR) is 538 cm³/mol. The molecule has 6 heterocycles. The normalized spacial score (nSPS) is 22.8. The van der Waals surface area contributed by atoms with Gasteiger partial charge in [0.2, 0.25) is 43.7 Å². The molecular weight excluding hydrogens is 2020 g/mol. The van der Waals surface area contributed by atoms with Crippen molar-refractivity contribution in [1.29, 1.82) is 0 Å². The quantitative estimate of drug-likeness (QED) is 0.00916. The minimum absolute atomic E-state index is 0.0000243. The van der Waals surface area contributed by atoms with Crippen LogP contribution in [0.15, 0.2) is 165 Å². The summed E-state index contributed by atoms with van der Waals surface area (Å²) in [6.45, 7) is 29.0. The number of anilines is 4. The molecule has 4 aliphatic carbocycles. The summed E-state index contributed by atoms with van der Waals surface area (Å²) >= 11 is 4.04. The van der Waals surface area contributed by atoms with Crippen LogP contribution >= 0.6 is 31.0 Å². The zero-order valence-electron chi connectivity index (χ0n) is 80.9. The first-order valence-electron chi connectivity index (χ1n) is 48.2. The maximum atomic E-state index is 14.5. The molecule has 0 radical (unpaired) electrons. The molecule has 142 heavy (non-hydrogen) atoms. The van der Waals surface area contributed by atoms with Crippen molar-refractivity contribution in [3.05, 3.63) is 261 Å². The summed E-state index contributed by atoms with van der Waals surface area (Å²) in [4.78, 5) is 121. The maximum Gasteiger partial charge on any atom is 0.410 e. The molecule has 10 atom stereocenters. The summed E-state index contributed by atoms with van der Waals surface area (Å²) in [7, 11) is 3.82. The number of aryl methyl sites for hydroxylation is 6. The molecule has 8 amide bonds. The fourth-order valence-electron chi connectivity index (χ4n) is 19.6. The largest absolute Gasteiger partial charge is 0.502 e. The molecule has 0 spiro atoms. The fourth-order valence-corrected chi connectivity index (χ4v) is 24.3. The molecule has 7 aromatic carbocycles. The molecule has 0 aromatic heterocycles. The predicted octanol–water partition coefficient (Wildman–Crippen LogP) is 17.7. The van der Waals surface area contributed by atoms with E-state index >= 15 is 0 Å². The first-order valence-corrected chi connectivity index (χ1v) is 57.2. The number of nitrogens with one attached hydrogen (secondary N) is 6. The number of ether oxygens (including phenoxy) is 3. The van der Waals surface area contributed by atoms with Crippen molar-refractivity contribution in [3.63, 3.8) is 0 Å². The fraction of sp³-hybridized carbons (Fsp3) is 0.448. The van der Waals surface area contributed by atoms with E-state index in [1.807, 2.05) is 48.8 Å². The zero-order valence-corrected chi connectivity index (χ0v) is 86.5. The second-order valence-electron chi connectivity index (χ2n) is 38.6. The molecule has 4 saturated carbocycles. The minimum Gasteiger partial charge on any atom is -0.502 e. The number of nitrogens with zero attached hydrogens (tertiary/aromatic N) is 6. The number of sulfonamides is 2. The van der Waals surface area contributed by atoms with Crippen LogP contribution < -0.4 is 45.2 Å². The van der Waals surface area contributed by atoms with Crippen LogP contribution in [0.3, 0.4) is 0 Å². The average molecular weight is 2140 g/mol. The van der Waals surface area contributed by atoms with E-state index in [1.165, 1.54) is 131 Å². The third-order valence-electron chi connectivity index (χ3n) is 27.1. The van der Waals surface area contributed by atoms with Gasteiger partial charge in [0.15, 0.2) is 0 Å². The van der Waals surface area contributed by atoms with Gasteiger partial charge in [0.05, 0.1) is 36.7 Å². The van der Waals surface area contributed by atoms with Crippen molar-refractivity contribution in [3.8, 4) is 5.75 Å². The number of fused-ring (bicyclic) bond motifs is 4. The topological polar surface area (TPSA) is 324 Å². The van der Waals surface area contributed by atoms with Gasteiger partial charge >= 0.3 is 121 Å². The maximum absolute atomic E-state index is 14.5. The molecule has 27 nitrogen and oxygen atoms in total. The molecule has 0 unspecified atom stereocenters. The molecule has 764 valence electrons. The van der Waals surface area contributed by atoms with Crippen LogP contribution in [-0.2, 0) is 98.0 Å². The second-order valence-corrected chi connectivity index (χ2v) is 48.7. The number of benzene rings is 7. The Labute approximate surface area is 846 Å². The van der Waals surface area contributed by atoms with E-state index in [1.54, 1.807) is 30.3 Å². The van der Waals surface area contributed by atoms with Gasteiger partial charge in [-0.25, -0.2) is 44.0 Å². The third kappa shape index (κ3) is 26.6. The Morgan fingerprint density at radius 2 is 1.19 bits per heavy atom. The van der Waals surface area contributed by atoms with Crippen molar-refractivity contribution < 1.29 is 100 Å². The summed E-state index contributed by atoms with van der Waals surface area (Å²) in [5.74, 6) is -5.99. The van der Waals surface area contributed by atoms with E-state index in [2.05, 4.69) is 126 Å². The van der Waals surface area contributed by atoms with Crippen molar-refractivity contribution in [2.75, 3.05) is 46.6 Å². The summed E-state index contributed by atoms with van der Waals surface area (Å²) in [5.41, 5.74) is 11.7. The monoisotopic (exact) mass is 2140 g/mol.